The Labute approximate surface area is 113 Å². The summed E-state index contributed by atoms with van der Waals surface area (Å²) in [6.07, 6.45) is 11.8. The molecular weight excluding hydrogens is 238 g/mol. The summed E-state index contributed by atoms with van der Waals surface area (Å²) in [7, 11) is 2.13. The molecule has 1 fully saturated rings. The van der Waals surface area contributed by atoms with Crippen molar-refractivity contribution in [1.82, 2.24) is 19.7 Å². The first-order valence-electron chi connectivity index (χ1n) is 6.89. The topological polar surface area (TPSA) is 46.8 Å². The summed E-state index contributed by atoms with van der Waals surface area (Å²) in [6, 6.07) is 4.50. The van der Waals surface area contributed by atoms with Crippen LogP contribution in [0, 0.1) is 0 Å². The molecule has 0 spiro atoms. The molecule has 1 aliphatic rings. The summed E-state index contributed by atoms with van der Waals surface area (Å²) in [4.78, 5) is 11.0. The zero-order chi connectivity index (χ0) is 13.1. The van der Waals surface area contributed by atoms with Gasteiger partial charge in [-0.3, -0.25) is 0 Å². The number of anilines is 1. The van der Waals surface area contributed by atoms with E-state index in [1.54, 1.807) is 17.2 Å². The van der Waals surface area contributed by atoms with E-state index in [0.29, 0.717) is 6.04 Å². The van der Waals surface area contributed by atoms with E-state index in [2.05, 4.69) is 27.0 Å². The van der Waals surface area contributed by atoms with Gasteiger partial charge >= 0.3 is 0 Å². The highest BCUT2D eigenvalue weighted by molar-refractivity contribution is 5.43. The van der Waals surface area contributed by atoms with Crippen molar-refractivity contribution in [2.24, 2.45) is 0 Å². The van der Waals surface area contributed by atoms with Crippen molar-refractivity contribution in [3.05, 3.63) is 30.9 Å². The van der Waals surface area contributed by atoms with Crippen molar-refractivity contribution in [2.75, 3.05) is 11.9 Å². The maximum atomic E-state index is 4.40. The van der Waals surface area contributed by atoms with Gasteiger partial charge in [0.2, 0.25) is 0 Å². The fourth-order valence-corrected chi connectivity index (χ4v) is 2.72. The summed E-state index contributed by atoms with van der Waals surface area (Å²) < 4.78 is 1.76. The molecule has 0 saturated heterocycles. The Hall–Kier alpha value is -1.91. The average molecular weight is 257 g/mol. The molecule has 3 rings (SSSR count). The van der Waals surface area contributed by atoms with Crippen LogP contribution in [0.15, 0.2) is 30.9 Å². The fraction of sp³-hybridized carbons (Fsp3) is 0.500. The van der Waals surface area contributed by atoms with Gasteiger partial charge in [0.05, 0.1) is 0 Å². The minimum atomic E-state index is 0.606. The molecule has 5 nitrogen and oxygen atoms in total. The molecule has 19 heavy (non-hydrogen) atoms. The van der Waals surface area contributed by atoms with E-state index in [1.165, 1.54) is 32.1 Å². The zero-order valence-electron chi connectivity index (χ0n) is 11.2. The first-order valence-corrected chi connectivity index (χ1v) is 6.89. The van der Waals surface area contributed by atoms with Gasteiger partial charge in [-0.25, -0.2) is 14.6 Å². The molecule has 0 amide bonds. The third-order valence-electron chi connectivity index (χ3n) is 3.86. The number of nitrogens with zero attached hydrogens (tertiary/aromatic N) is 5. The first-order chi connectivity index (χ1) is 9.34. The van der Waals surface area contributed by atoms with Crippen molar-refractivity contribution >= 4 is 5.82 Å². The molecule has 0 atom stereocenters. The van der Waals surface area contributed by atoms with Crippen molar-refractivity contribution in [2.45, 2.75) is 38.1 Å². The lowest BCUT2D eigenvalue weighted by Crippen LogP contribution is -2.34. The Morgan fingerprint density at radius 3 is 2.79 bits per heavy atom. The quantitative estimate of drug-likeness (QED) is 0.847. The van der Waals surface area contributed by atoms with E-state index < -0.39 is 0 Å². The van der Waals surface area contributed by atoms with Crippen molar-refractivity contribution in [1.29, 1.82) is 0 Å². The van der Waals surface area contributed by atoms with E-state index in [0.717, 1.165) is 11.6 Å². The van der Waals surface area contributed by atoms with E-state index >= 15 is 0 Å². The van der Waals surface area contributed by atoms with Gasteiger partial charge in [-0.1, -0.05) is 19.3 Å². The normalized spacial score (nSPS) is 16.5. The Morgan fingerprint density at radius 1 is 1.21 bits per heavy atom. The highest BCUT2D eigenvalue weighted by Crippen LogP contribution is 2.25. The maximum Gasteiger partial charge on any atom is 0.158 e. The van der Waals surface area contributed by atoms with Gasteiger partial charge in [0.1, 0.15) is 12.1 Å². The summed E-state index contributed by atoms with van der Waals surface area (Å²) in [5.74, 6) is 1.80. The Bertz CT molecular complexity index is 516. The van der Waals surface area contributed by atoms with E-state index in [9.17, 15) is 0 Å². The lowest BCUT2D eigenvalue weighted by atomic mass is 9.94. The van der Waals surface area contributed by atoms with Gasteiger partial charge in [0.25, 0.3) is 0 Å². The molecule has 0 unspecified atom stereocenters. The third kappa shape index (κ3) is 2.59. The lowest BCUT2D eigenvalue weighted by molar-refractivity contribution is 0.426. The van der Waals surface area contributed by atoms with Gasteiger partial charge in [0, 0.05) is 31.5 Å². The van der Waals surface area contributed by atoms with Crippen LogP contribution in [0.3, 0.4) is 0 Å². The van der Waals surface area contributed by atoms with Crippen LogP contribution in [0.4, 0.5) is 5.82 Å². The van der Waals surface area contributed by atoms with Crippen LogP contribution in [-0.2, 0) is 0 Å². The summed E-state index contributed by atoms with van der Waals surface area (Å²) in [5.41, 5.74) is 0. The highest BCUT2D eigenvalue weighted by atomic mass is 15.3. The smallest absolute Gasteiger partial charge is 0.158 e. The van der Waals surface area contributed by atoms with Gasteiger partial charge < -0.3 is 4.90 Å². The molecular formula is C14H19N5. The molecule has 0 radical (unpaired) electrons. The Balaban J connectivity index is 1.82. The predicted molar refractivity (Wildman–Crippen MR) is 74.4 cm³/mol. The standard InChI is InChI=1S/C14H19N5/c1-18(12-6-3-2-4-7-12)13-10-14(16-11-15-13)19-9-5-8-17-19/h5,8-12H,2-4,6-7H2,1H3. The van der Waals surface area contributed by atoms with Crippen LogP contribution in [-0.4, -0.2) is 32.8 Å². The van der Waals surface area contributed by atoms with Gasteiger partial charge in [-0.2, -0.15) is 5.10 Å². The second-order valence-corrected chi connectivity index (χ2v) is 5.09. The van der Waals surface area contributed by atoms with Crippen LogP contribution < -0.4 is 4.90 Å². The minimum Gasteiger partial charge on any atom is -0.357 e. The zero-order valence-corrected chi connectivity index (χ0v) is 11.2. The molecule has 0 aliphatic heterocycles. The molecule has 100 valence electrons. The number of rotatable bonds is 3. The molecule has 2 aromatic rings. The Morgan fingerprint density at radius 2 is 2.05 bits per heavy atom. The average Bonchev–Trinajstić information content (AvgIpc) is 3.02. The molecule has 2 heterocycles. The van der Waals surface area contributed by atoms with Crippen LogP contribution in [0.1, 0.15) is 32.1 Å². The molecule has 0 N–H and O–H groups in total. The second-order valence-electron chi connectivity index (χ2n) is 5.09. The summed E-state index contributed by atoms with van der Waals surface area (Å²) in [6.45, 7) is 0. The number of aromatic nitrogens is 4. The second kappa shape index (κ2) is 5.38. The monoisotopic (exact) mass is 257 g/mol. The van der Waals surface area contributed by atoms with Crippen molar-refractivity contribution in [3.8, 4) is 5.82 Å². The van der Waals surface area contributed by atoms with Crippen LogP contribution >= 0.6 is 0 Å². The van der Waals surface area contributed by atoms with Gasteiger partial charge in [-0.15, -0.1) is 0 Å². The fourth-order valence-electron chi connectivity index (χ4n) is 2.72. The highest BCUT2D eigenvalue weighted by Gasteiger charge is 2.19. The maximum absolute atomic E-state index is 4.40. The van der Waals surface area contributed by atoms with Crippen molar-refractivity contribution < 1.29 is 0 Å². The summed E-state index contributed by atoms with van der Waals surface area (Å²) in [5, 5.41) is 4.21. The molecule has 5 heteroatoms. The molecule has 2 aromatic heterocycles. The lowest BCUT2D eigenvalue weighted by Gasteiger charge is -2.32. The molecule has 0 aromatic carbocycles. The Kier molecular flexibility index (Phi) is 3.44. The molecule has 1 saturated carbocycles. The van der Waals surface area contributed by atoms with Gasteiger partial charge in [-0.05, 0) is 18.9 Å². The van der Waals surface area contributed by atoms with E-state index in [4.69, 9.17) is 0 Å². The molecule has 0 bridgehead atoms. The van der Waals surface area contributed by atoms with E-state index in [-0.39, 0.29) is 0 Å². The number of hydrogen-bond acceptors (Lipinski definition) is 4. The molecule has 1 aliphatic carbocycles. The van der Waals surface area contributed by atoms with Crippen LogP contribution in [0.2, 0.25) is 0 Å². The minimum absolute atomic E-state index is 0.606. The van der Waals surface area contributed by atoms with Crippen molar-refractivity contribution in [3.63, 3.8) is 0 Å². The summed E-state index contributed by atoms with van der Waals surface area (Å²) >= 11 is 0. The largest absolute Gasteiger partial charge is 0.357 e. The van der Waals surface area contributed by atoms with Crippen LogP contribution in [0.5, 0.6) is 0 Å². The van der Waals surface area contributed by atoms with E-state index in [1.807, 2.05) is 18.3 Å². The van der Waals surface area contributed by atoms with Gasteiger partial charge in [0.15, 0.2) is 5.82 Å². The SMILES string of the molecule is CN(c1cc(-n2cccn2)ncn1)C1CCCCC1. The third-order valence-corrected chi connectivity index (χ3v) is 3.86. The first kappa shape index (κ1) is 12.1. The predicted octanol–water partition coefficient (Wildman–Crippen LogP) is 2.43. The van der Waals surface area contributed by atoms with Crippen LogP contribution in [0.25, 0.3) is 5.82 Å². The number of hydrogen-bond donors (Lipinski definition) is 0.